The zero-order valence-electron chi connectivity index (χ0n) is 10.9. The molecule has 4 nitrogen and oxygen atoms in total. The van der Waals surface area contributed by atoms with E-state index in [1.54, 1.807) is 0 Å². The molecule has 0 spiro atoms. The van der Waals surface area contributed by atoms with Gasteiger partial charge in [0, 0.05) is 19.1 Å². The van der Waals surface area contributed by atoms with Crippen molar-refractivity contribution in [1.29, 1.82) is 0 Å². The Morgan fingerprint density at radius 3 is 3.21 bits per heavy atom. The molecule has 2 aromatic rings. The van der Waals surface area contributed by atoms with Crippen LogP contribution in [0.5, 0.6) is 0 Å². The lowest BCUT2D eigenvalue weighted by Gasteiger charge is -2.20. The van der Waals surface area contributed by atoms with Crippen molar-refractivity contribution in [2.45, 2.75) is 25.8 Å². The van der Waals surface area contributed by atoms with Gasteiger partial charge in [0.15, 0.2) is 0 Å². The first-order valence-corrected chi connectivity index (χ1v) is 7.79. The molecule has 1 aliphatic heterocycles. The standard InChI is InChI=1S/C13H17ClN4S/c1-2-6-15-9-5-7-18(8-9)13-10(14)3-4-11-12(13)17-19-16-11/h3-4,9,15H,2,5-8H2,1H3. The summed E-state index contributed by atoms with van der Waals surface area (Å²) >= 11 is 7.62. The molecule has 1 unspecified atom stereocenters. The fourth-order valence-corrected chi connectivity index (χ4v) is 3.40. The Balaban J connectivity index is 1.85. The SMILES string of the molecule is CCCNC1CCN(c2c(Cl)ccc3nsnc23)C1. The smallest absolute Gasteiger partial charge is 0.129 e. The van der Waals surface area contributed by atoms with Crippen molar-refractivity contribution >= 4 is 40.0 Å². The molecule has 0 aliphatic carbocycles. The number of anilines is 1. The van der Waals surface area contributed by atoms with Gasteiger partial charge in [-0.25, -0.2) is 0 Å². The molecular weight excluding hydrogens is 280 g/mol. The molecule has 6 heteroatoms. The van der Waals surface area contributed by atoms with Crippen molar-refractivity contribution in [2.75, 3.05) is 24.5 Å². The lowest BCUT2D eigenvalue weighted by atomic mass is 10.2. The molecular formula is C13H17ClN4S. The van der Waals surface area contributed by atoms with Crippen molar-refractivity contribution in [3.05, 3.63) is 17.2 Å². The third-order valence-corrected chi connectivity index (χ3v) is 4.39. The Morgan fingerprint density at radius 1 is 1.47 bits per heavy atom. The fourth-order valence-electron chi connectivity index (χ4n) is 2.59. The van der Waals surface area contributed by atoms with Crippen molar-refractivity contribution < 1.29 is 0 Å². The van der Waals surface area contributed by atoms with Crippen LogP contribution in [0.3, 0.4) is 0 Å². The van der Waals surface area contributed by atoms with Gasteiger partial charge in [0.1, 0.15) is 11.0 Å². The van der Waals surface area contributed by atoms with Crippen molar-refractivity contribution in [2.24, 2.45) is 0 Å². The highest BCUT2D eigenvalue weighted by atomic mass is 35.5. The average molecular weight is 297 g/mol. The summed E-state index contributed by atoms with van der Waals surface area (Å²) in [5, 5.41) is 4.35. The summed E-state index contributed by atoms with van der Waals surface area (Å²) in [5.41, 5.74) is 2.93. The summed E-state index contributed by atoms with van der Waals surface area (Å²) < 4.78 is 8.69. The largest absolute Gasteiger partial charge is 0.367 e. The van der Waals surface area contributed by atoms with Crippen LogP contribution in [-0.4, -0.2) is 34.4 Å². The maximum Gasteiger partial charge on any atom is 0.129 e. The number of hydrogen-bond acceptors (Lipinski definition) is 5. The third-order valence-electron chi connectivity index (χ3n) is 3.54. The highest BCUT2D eigenvalue weighted by molar-refractivity contribution is 7.00. The number of fused-ring (bicyclic) bond motifs is 1. The second-order valence-corrected chi connectivity index (χ2v) is 5.85. The van der Waals surface area contributed by atoms with Crippen molar-refractivity contribution in [3.8, 4) is 0 Å². The highest BCUT2D eigenvalue weighted by Gasteiger charge is 2.25. The van der Waals surface area contributed by atoms with Crippen molar-refractivity contribution in [3.63, 3.8) is 0 Å². The molecule has 102 valence electrons. The van der Waals surface area contributed by atoms with Gasteiger partial charge in [0.25, 0.3) is 0 Å². The van der Waals surface area contributed by atoms with E-state index in [4.69, 9.17) is 11.6 Å². The Bertz CT molecular complexity index is 571. The predicted octanol–water partition coefficient (Wildman–Crippen LogP) is 2.92. The first-order chi connectivity index (χ1) is 9.29. The topological polar surface area (TPSA) is 41.0 Å². The van der Waals surface area contributed by atoms with E-state index < -0.39 is 0 Å². The van der Waals surface area contributed by atoms with Gasteiger partial charge in [0.2, 0.25) is 0 Å². The number of hydrogen-bond donors (Lipinski definition) is 1. The summed E-state index contributed by atoms with van der Waals surface area (Å²) in [6, 6.07) is 4.42. The van der Waals surface area contributed by atoms with Gasteiger partial charge in [-0.05, 0) is 31.5 Å². The van der Waals surface area contributed by atoms with E-state index in [9.17, 15) is 0 Å². The molecule has 1 atom stereocenters. The van der Waals surface area contributed by atoms with Crippen LogP contribution in [0.1, 0.15) is 19.8 Å². The Morgan fingerprint density at radius 2 is 2.37 bits per heavy atom. The van der Waals surface area contributed by atoms with E-state index in [-0.39, 0.29) is 0 Å². The first-order valence-electron chi connectivity index (χ1n) is 6.68. The lowest BCUT2D eigenvalue weighted by Crippen LogP contribution is -2.33. The van der Waals surface area contributed by atoms with E-state index in [0.29, 0.717) is 6.04 Å². The summed E-state index contributed by atoms with van der Waals surface area (Å²) in [5.74, 6) is 0. The molecule has 1 N–H and O–H groups in total. The minimum absolute atomic E-state index is 0.554. The van der Waals surface area contributed by atoms with E-state index >= 15 is 0 Å². The molecule has 1 fully saturated rings. The third kappa shape index (κ3) is 2.55. The quantitative estimate of drug-likeness (QED) is 0.942. The van der Waals surface area contributed by atoms with Crippen LogP contribution in [0.4, 0.5) is 5.69 Å². The summed E-state index contributed by atoms with van der Waals surface area (Å²) in [4.78, 5) is 2.33. The van der Waals surface area contributed by atoms with Gasteiger partial charge in [-0.1, -0.05) is 18.5 Å². The molecule has 3 rings (SSSR count). The molecule has 0 saturated carbocycles. The molecule has 0 amide bonds. The lowest BCUT2D eigenvalue weighted by molar-refractivity contribution is 0.549. The average Bonchev–Trinajstić information content (AvgIpc) is 3.04. The minimum atomic E-state index is 0.554. The van der Waals surface area contributed by atoms with Gasteiger partial charge in [0.05, 0.1) is 22.4 Å². The van der Waals surface area contributed by atoms with Gasteiger partial charge in [-0.3, -0.25) is 0 Å². The van der Waals surface area contributed by atoms with Crippen molar-refractivity contribution in [1.82, 2.24) is 14.1 Å². The number of benzene rings is 1. The van der Waals surface area contributed by atoms with Crippen LogP contribution >= 0.6 is 23.3 Å². The first kappa shape index (κ1) is 13.1. The van der Waals surface area contributed by atoms with Crippen LogP contribution in [0.15, 0.2) is 12.1 Å². The van der Waals surface area contributed by atoms with Gasteiger partial charge < -0.3 is 10.2 Å². The molecule has 1 aromatic heterocycles. The molecule has 0 radical (unpaired) electrons. The summed E-state index contributed by atoms with van der Waals surface area (Å²) in [6.45, 7) is 5.29. The monoisotopic (exact) mass is 296 g/mol. The highest BCUT2D eigenvalue weighted by Crippen LogP contribution is 2.35. The van der Waals surface area contributed by atoms with Gasteiger partial charge in [-0.15, -0.1) is 0 Å². The van der Waals surface area contributed by atoms with E-state index in [1.807, 2.05) is 12.1 Å². The normalized spacial score (nSPS) is 19.5. The molecule has 1 saturated heterocycles. The van der Waals surface area contributed by atoms with Crippen LogP contribution in [0.2, 0.25) is 5.02 Å². The Hall–Kier alpha value is -0.910. The van der Waals surface area contributed by atoms with Crippen LogP contribution < -0.4 is 10.2 Å². The second-order valence-electron chi connectivity index (χ2n) is 4.91. The second kappa shape index (κ2) is 5.61. The van der Waals surface area contributed by atoms with Gasteiger partial charge in [-0.2, -0.15) is 8.75 Å². The Labute approximate surface area is 122 Å². The molecule has 2 heterocycles. The molecule has 19 heavy (non-hydrogen) atoms. The van der Waals surface area contributed by atoms with E-state index in [0.717, 1.165) is 47.8 Å². The molecule has 1 aromatic carbocycles. The van der Waals surface area contributed by atoms with E-state index in [1.165, 1.54) is 18.1 Å². The Kier molecular flexibility index (Phi) is 3.86. The minimum Gasteiger partial charge on any atom is -0.367 e. The maximum absolute atomic E-state index is 6.37. The summed E-state index contributed by atoms with van der Waals surface area (Å²) in [7, 11) is 0. The molecule has 0 bridgehead atoms. The number of rotatable bonds is 4. The fraction of sp³-hybridized carbons (Fsp3) is 0.538. The molecule has 1 aliphatic rings. The van der Waals surface area contributed by atoms with Crippen LogP contribution in [0, 0.1) is 0 Å². The zero-order valence-corrected chi connectivity index (χ0v) is 12.5. The van der Waals surface area contributed by atoms with Gasteiger partial charge >= 0.3 is 0 Å². The van der Waals surface area contributed by atoms with E-state index in [2.05, 4.69) is 25.9 Å². The number of nitrogens with zero attached hydrogens (tertiary/aromatic N) is 3. The van der Waals surface area contributed by atoms with Crippen LogP contribution in [0.25, 0.3) is 11.0 Å². The van der Waals surface area contributed by atoms with Crippen LogP contribution in [-0.2, 0) is 0 Å². The zero-order chi connectivity index (χ0) is 13.2. The predicted molar refractivity (Wildman–Crippen MR) is 81.3 cm³/mol. The maximum atomic E-state index is 6.37. The number of halogens is 1. The summed E-state index contributed by atoms with van der Waals surface area (Å²) in [6.07, 6.45) is 2.33. The number of aromatic nitrogens is 2. The number of nitrogens with one attached hydrogen (secondary N) is 1.